The van der Waals surface area contributed by atoms with Crippen molar-refractivity contribution in [3.8, 4) is 11.3 Å². The third-order valence-corrected chi connectivity index (χ3v) is 5.28. The van der Waals surface area contributed by atoms with Crippen molar-refractivity contribution in [2.45, 2.75) is 32.4 Å². The number of amides is 1. The molecule has 2 aromatic carbocycles. The zero-order valence-corrected chi connectivity index (χ0v) is 16.9. The number of rotatable bonds is 3. The van der Waals surface area contributed by atoms with Gasteiger partial charge in [0.25, 0.3) is 11.6 Å². The average Bonchev–Trinajstić information content (AvgIpc) is 3.21. The third-order valence-electron chi connectivity index (χ3n) is 5.03. The molecule has 1 N–H and O–H groups in total. The van der Waals surface area contributed by atoms with Crippen molar-refractivity contribution < 1.29 is 9.72 Å². The van der Waals surface area contributed by atoms with Crippen LogP contribution >= 0.6 is 11.6 Å². The molecule has 2 heterocycles. The number of fused-ring (bicyclic) bond motifs is 1. The molecule has 29 heavy (non-hydrogen) atoms. The lowest BCUT2D eigenvalue weighted by atomic mass is 9.93. The Bertz CT molecular complexity index is 1100. The molecule has 1 aliphatic rings. The summed E-state index contributed by atoms with van der Waals surface area (Å²) in [6.07, 6.45) is 0. The van der Waals surface area contributed by atoms with Gasteiger partial charge in [-0.1, -0.05) is 23.7 Å². The number of nitro groups is 1. The molecule has 0 aliphatic carbocycles. The van der Waals surface area contributed by atoms with E-state index in [1.54, 1.807) is 29.2 Å². The Labute approximate surface area is 172 Å². The lowest BCUT2D eigenvalue weighted by Gasteiger charge is -2.37. The summed E-state index contributed by atoms with van der Waals surface area (Å²) in [6.45, 7) is 5.89. The number of non-ortho nitro benzene ring substituents is 1. The van der Waals surface area contributed by atoms with E-state index in [0.29, 0.717) is 16.4 Å². The molecule has 0 radical (unpaired) electrons. The van der Waals surface area contributed by atoms with Gasteiger partial charge in [0.1, 0.15) is 5.69 Å². The minimum atomic E-state index is -0.472. The zero-order valence-electron chi connectivity index (χ0n) is 16.1. The second-order valence-electron chi connectivity index (χ2n) is 7.96. The standard InChI is InChI=1S/C21H19ClN4O3/c1-21(2,3)25-19(13-6-10-15(11-7-13)26(28)29)16-17(23-24-18(16)20(25)27)12-4-8-14(22)9-5-12/h4-11,19H,1-3H3,(H,23,24). The van der Waals surface area contributed by atoms with Crippen molar-refractivity contribution in [3.05, 3.63) is 80.5 Å². The summed E-state index contributed by atoms with van der Waals surface area (Å²) in [7, 11) is 0. The lowest BCUT2D eigenvalue weighted by Crippen LogP contribution is -2.44. The molecular weight excluding hydrogens is 392 g/mol. The molecule has 1 aliphatic heterocycles. The van der Waals surface area contributed by atoms with E-state index in [4.69, 9.17) is 11.6 Å². The lowest BCUT2D eigenvalue weighted by molar-refractivity contribution is -0.384. The number of benzene rings is 2. The summed E-state index contributed by atoms with van der Waals surface area (Å²) >= 11 is 6.02. The molecule has 148 valence electrons. The van der Waals surface area contributed by atoms with Gasteiger partial charge in [-0.05, 0) is 50.6 Å². The molecule has 0 fully saturated rings. The van der Waals surface area contributed by atoms with Crippen LogP contribution in [0.4, 0.5) is 5.69 Å². The summed E-state index contributed by atoms with van der Waals surface area (Å²) < 4.78 is 0. The quantitative estimate of drug-likeness (QED) is 0.486. The van der Waals surface area contributed by atoms with Gasteiger partial charge in [-0.3, -0.25) is 20.0 Å². The van der Waals surface area contributed by atoms with Crippen molar-refractivity contribution in [1.29, 1.82) is 0 Å². The smallest absolute Gasteiger partial charge is 0.273 e. The van der Waals surface area contributed by atoms with Gasteiger partial charge in [-0.25, -0.2) is 0 Å². The van der Waals surface area contributed by atoms with Crippen molar-refractivity contribution in [2.75, 3.05) is 0 Å². The molecule has 1 atom stereocenters. The molecule has 1 unspecified atom stereocenters. The normalized spacial score (nSPS) is 16.2. The summed E-state index contributed by atoms with van der Waals surface area (Å²) in [5, 5.41) is 19.0. The second kappa shape index (κ2) is 6.70. The third kappa shape index (κ3) is 3.17. The first kappa shape index (κ1) is 19.1. The predicted molar refractivity (Wildman–Crippen MR) is 110 cm³/mol. The number of nitrogens with one attached hydrogen (secondary N) is 1. The Morgan fingerprint density at radius 2 is 1.72 bits per heavy atom. The minimum Gasteiger partial charge on any atom is -0.321 e. The van der Waals surface area contributed by atoms with Crippen LogP contribution in [-0.4, -0.2) is 31.5 Å². The largest absolute Gasteiger partial charge is 0.321 e. The van der Waals surface area contributed by atoms with E-state index in [-0.39, 0.29) is 11.6 Å². The molecule has 0 bridgehead atoms. The molecule has 3 aromatic rings. The summed E-state index contributed by atoms with van der Waals surface area (Å²) in [5.74, 6) is -0.149. The Morgan fingerprint density at radius 3 is 2.28 bits per heavy atom. The highest BCUT2D eigenvalue weighted by atomic mass is 35.5. The Hall–Kier alpha value is -3.19. The van der Waals surface area contributed by atoms with Gasteiger partial charge in [0.2, 0.25) is 0 Å². The van der Waals surface area contributed by atoms with E-state index in [1.807, 2.05) is 32.9 Å². The molecule has 7 nitrogen and oxygen atoms in total. The van der Waals surface area contributed by atoms with Crippen molar-refractivity contribution >= 4 is 23.2 Å². The number of aromatic amines is 1. The van der Waals surface area contributed by atoms with E-state index in [1.165, 1.54) is 12.1 Å². The number of hydrogen-bond donors (Lipinski definition) is 1. The Kier molecular flexibility index (Phi) is 4.42. The monoisotopic (exact) mass is 410 g/mol. The number of nitrogens with zero attached hydrogens (tertiary/aromatic N) is 3. The molecule has 1 amide bonds. The maximum atomic E-state index is 13.2. The summed E-state index contributed by atoms with van der Waals surface area (Å²) in [4.78, 5) is 25.6. The van der Waals surface area contributed by atoms with E-state index in [9.17, 15) is 14.9 Å². The highest BCUT2D eigenvalue weighted by Crippen LogP contribution is 2.46. The fourth-order valence-corrected chi connectivity index (χ4v) is 3.89. The van der Waals surface area contributed by atoms with Crippen LogP contribution in [0.3, 0.4) is 0 Å². The van der Waals surface area contributed by atoms with E-state index >= 15 is 0 Å². The van der Waals surface area contributed by atoms with Crippen LogP contribution in [0.25, 0.3) is 11.3 Å². The van der Waals surface area contributed by atoms with Crippen LogP contribution in [0.15, 0.2) is 48.5 Å². The van der Waals surface area contributed by atoms with Gasteiger partial charge in [-0.2, -0.15) is 5.10 Å². The topological polar surface area (TPSA) is 92.1 Å². The maximum Gasteiger partial charge on any atom is 0.273 e. The maximum absolute atomic E-state index is 13.2. The number of nitro benzene ring substituents is 1. The van der Waals surface area contributed by atoms with Crippen LogP contribution < -0.4 is 0 Å². The molecule has 0 saturated heterocycles. The van der Waals surface area contributed by atoms with Crippen LogP contribution in [0.2, 0.25) is 5.02 Å². The van der Waals surface area contributed by atoms with Gasteiger partial charge < -0.3 is 4.90 Å². The van der Waals surface area contributed by atoms with Gasteiger partial charge in [0.05, 0.1) is 16.7 Å². The fraction of sp³-hybridized carbons (Fsp3) is 0.238. The van der Waals surface area contributed by atoms with Gasteiger partial charge in [0.15, 0.2) is 0 Å². The molecule has 0 spiro atoms. The first-order valence-corrected chi connectivity index (χ1v) is 9.48. The van der Waals surface area contributed by atoms with Gasteiger partial charge >= 0.3 is 0 Å². The highest BCUT2D eigenvalue weighted by Gasteiger charge is 2.46. The highest BCUT2D eigenvalue weighted by molar-refractivity contribution is 6.30. The molecule has 8 heteroatoms. The van der Waals surface area contributed by atoms with E-state index in [2.05, 4.69) is 10.2 Å². The minimum absolute atomic E-state index is 0.00530. The average molecular weight is 411 g/mol. The first-order chi connectivity index (χ1) is 13.7. The van der Waals surface area contributed by atoms with Crippen molar-refractivity contribution in [2.24, 2.45) is 0 Å². The van der Waals surface area contributed by atoms with Gasteiger partial charge in [0, 0.05) is 33.8 Å². The van der Waals surface area contributed by atoms with E-state index in [0.717, 1.165) is 16.7 Å². The van der Waals surface area contributed by atoms with Crippen LogP contribution in [0.5, 0.6) is 0 Å². The number of carbonyl (C=O) groups is 1. The number of H-pyrrole nitrogens is 1. The zero-order chi connectivity index (χ0) is 20.9. The molecule has 1 aromatic heterocycles. The van der Waals surface area contributed by atoms with Gasteiger partial charge in [-0.15, -0.1) is 0 Å². The Balaban J connectivity index is 1.90. The number of aromatic nitrogens is 2. The number of halogens is 1. The molecule has 0 saturated carbocycles. The summed E-state index contributed by atoms with van der Waals surface area (Å²) in [5.41, 5.74) is 3.03. The predicted octanol–water partition coefficient (Wildman–Crippen LogP) is 4.98. The van der Waals surface area contributed by atoms with Crippen molar-refractivity contribution in [1.82, 2.24) is 15.1 Å². The first-order valence-electron chi connectivity index (χ1n) is 9.10. The van der Waals surface area contributed by atoms with Crippen molar-refractivity contribution in [3.63, 3.8) is 0 Å². The molecule has 4 rings (SSSR count). The summed E-state index contributed by atoms with van der Waals surface area (Å²) in [6, 6.07) is 13.2. The number of hydrogen-bond acceptors (Lipinski definition) is 4. The van der Waals surface area contributed by atoms with Crippen LogP contribution in [-0.2, 0) is 0 Å². The Morgan fingerprint density at radius 1 is 1.10 bits per heavy atom. The van der Waals surface area contributed by atoms with Crippen LogP contribution in [0, 0.1) is 10.1 Å². The molecular formula is C21H19ClN4O3. The van der Waals surface area contributed by atoms with E-state index < -0.39 is 16.5 Å². The van der Waals surface area contributed by atoms with Crippen LogP contribution in [0.1, 0.15) is 48.4 Å². The SMILES string of the molecule is CC(C)(C)N1C(=O)c2[nH]nc(-c3ccc(Cl)cc3)c2C1c1ccc([N+](=O)[O-])cc1. The fourth-order valence-electron chi connectivity index (χ4n) is 3.76. The second-order valence-corrected chi connectivity index (χ2v) is 8.40. The number of carbonyl (C=O) groups excluding carboxylic acids is 1.